The van der Waals surface area contributed by atoms with Gasteiger partial charge in [0.25, 0.3) is 5.56 Å². The molecule has 4 rings (SSSR count). The van der Waals surface area contributed by atoms with Crippen molar-refractivity contribution in [3.63, 3.8) is 0 Å². The summed E-state index contributed by atoms with van der Waals surface area (Å²) in [4.78, 5) is 32.1. The summed E-state index contributed by atoms with van der Waals surface area (Å²) < 4.78 is 28.5. The molecule has 0 fully saturated rings. The second kappa shape index (κ2) is 11.4. The van der Waals surface area contributed by atoms with Gasteiger partial charge in [-0.2, -0.15) is 0 Å². The fourth-order valence-electron chi connectivity index (χ4n) is 4.07. The molecule has 194 valence electrons. The molecule has 0 bridgehead atoms. The van der Waals surface area contributed by atoms with E-state index in [0.29, 0.717) is 43.4 Å². The maximum atomic E-state index is 13.8. The predicted molar refractivity (Wildman–Crippen MR) is 139 cm³/mol. The van der Waals surface area contributed by atoms with Gasteiger partial charge in [0.1, 0.15) is 23.9 Å². The molecule has 0 radical (unpaired) electrons. The summed E-state index contributed by atoms with van der Waals surface area (Å²) in [5, 5.41) is 0. The number of methoxy groups -OCH3 is 4. The van der Waals surface area contributed by atoms with E-state index in [-0.39, 0.29) is 18.8 Å². The van der Waals surface area contributed by atoms with Crippen molar-refractivity contribution in [3.05, 3.63) is 84.5 Å². The molecule has 1 aliphatic heterocycles. The lowest BCUT2D eigenvalue weighted by molar-refractivity contribution is -0.140. The molecule has 0 saturated carbocycles. The van der Waals surface area contributed by atoms with Crippen molar-refractivity contribution in [3.8, 4) is 17.2 Å². The maximum Gasteiger partial charge on any atom is 0.338 e. The second-order valence-electron chi connectivity index (χ2n) is 8.09. The Morgan fingerprint density at radius 1 is 1.00 bits per heavy atom. The number of hydrogen-bond acceptors (Lipinski definition) is 9. The smallest absolute Gasteiger partial charge is 0.338 e. The minimum Gasteiger partial charge on any atom is -0.497 e. The number of esters is 1. The molecule has 1 aliphatic rings. The number of benzene rings is 2. The first-order valence-electron chi connectivity index (χ1n) is 11.5. The van der Waals surface area contributed by atoms with Crippen LogP contribution in [0.25, 0.3) is 6.08 Å². The Hall–Kier alpha value is -3.89. The molecule has 0 saturated heterocycles. The highest BCUT2D eigenvalue weighted by atomic mass is 32.1. The van der Waals surface area contributed by atoms with Crippen molar-refractivity contribution in [2.45, 2.75) is 13.0 Å². The molecule has 0 spiro atoms. The van der Waals surface area contributed by atoms with E-state index in [0.717, 1.165) is 5.56 Å². The van der Waals surface area contributed by atoms with E-state index in [1.54, 1.807) is 64.7 Å². The van der Waals surface area contributed by atoms with Crippen molar-refractivity contribution in [2.24, 2.45) is 4.99 Å². The summed E-state index contributed by atoms with van der Waals surface area (Å²) in [6.07, 6.45) is 1.74. The average molecular weight is 525 g/mol. The normalized spacial score (nSPS) is 15.2. The number of carbonyl (C=O) groups is 1. The van der Waals surface area contributed by atoms with Crippen LogP contribution in [0.15, 0.2) is 63.5 Å². The van der Waals surface area contributed by atoms with Crippen LogP contribution in [0.3, 0.4) is 0 Å². The molecule has 2 heterocycles. The van der Waals surface area contributed by atoms with E-state index in [9.17, 15) is 9.59 Å². The first-order valence-corrected chi connectivity index (χ1v) is 12.3. The van der Waals surface area contributed by atoms with Crippen molar-refractivity contribution in [1.29, 1.82) is 0 Å². The zero-order chi connectivity index (χ0) is 26.5. The van der Waals surface area contributed by atoms with E-state index in [4.69, 9.17) is 23.7 Å². The summed E-state index contributed by atoms with van der Waals surface area (Å²) in [6, 6.07) is 11.9. The topological polar surface area (TPSA) is 97.6 Å². The number of fused-ring (bicyclic) bond motifs is 1. The van der Waals surface area contributed by atoms with Crippen LogP contribution in [0.1, 0.15) is 24.1 Å². The molecule has 10 heteroatoms. The van der Waals surface area contributed by atoms with Crippen LogP contribution in [0.2, 0.25) is 0 Å². The van der Waals surface area contributed by atoms with Crippen LogP contribution in [-0.4, -0.2) is 52.2 Å². The number of thiazole rings is 1. The predicted octanol–water partition coefficient (Wildman–Crippen LogP) is 2.45. The minimum atomic E-state index is -0.730. The molecular formula is C27H28N2O7S. The van der Waals surface area contributed by atoms with Crippen molar-refractivity contribution >= 4 is 23.4 Å². The van der Waals surface area contributed by atoms with Crippen molar-refractivity contribution in [1.82, 2.24) is 4.57 Å². The fraction of sp³-hybridized carbons (Fsp3) is 0.296. The van der Waals surface area contributed by atoms with Gasteiger partial charge in [-0.1, -0.05) is 23.5 Å². The molecule has 0 N–H and O–H groups in total. The molecule has 1 aromatic heterocycles. The van der Waals surface area contributed by atoms with Crippen LogP contribution in [0.4, 0.5) is 0 Å². The Balaban J connectivity index is 1.90. The minimum absolute atomic E-state index is 0.0848. The van der Waals surface area contributed by atoms with Crippen LogP contribution in [0, 0.1) is 0 Å². The summed E-state index contributed by atoms with van der Waals surface area (Å²) in [5.41, 5.74) is 1.89. The molecule has 9 nitrogen and oxygen atoms in total. The molecule has 0 aliphatic carbocycles. The summed E-state index contributed by atoms with van der Waals surface area (Å²) >= 11 is 1.24. The zero-order valence-electron chi connectivity index (χ0n) is 21.3. The molecule has 0 amide bonds. The van der Waals surface area contributed by atoms with E-state index in [1.807, 2.05) is 12.1 Å². The van der Waals surface area contributed by atoms with Gasteiger partial charge in [-0.05, 0) is 48.9 Å². The van der Waals surface area contributed by atoms with E-state index in [1.165, 1.54) is 23.0 Å². The van der Waals surface area contributed by atoms with Crippen LogP contribution in [0.5, 0.6) is 17.2 Å². The first-order chi connectivity index (χ1) is 17.9. The highest BCUT2D eigenvalue weighted by molar-refractivity contribution is 7.07. The highest BCUT2D eigenvalue weighted by Crippen LogP contribution is 2.32. The SMILES string of the molecule is COCCOC(=O)C1=C(C)N=c2s/c(=C\c3cc(OC)ccc3OC)c(=O)n2[C@@H]1c1ccc(OC)cc1. The Labute approximate surface area is 217 Å². The molecule has 1 atom stereocenters. The fourth-order valence-corrected chi connectivity index (χ4v) is 5.11. The molecule has 3 aromatic rings. The maximum absolute atomic E-state index is 13.8. The third-order valence-corrected chi connectivity index (χ3v) is 6.90. The number of aromatic nitrogens is 1. The number of nitrogens with zero attached hydrogens (tertiary/aromatic N) is 2. The highest BCUT2D eigenvalue weighted by Gasteiger charge is 2.33. The number of rotatable bonds is 9. The lowest BCUT2D eigenvalue weighted by atomic mass is 9.96. The molecule has 2 aromatic carbocycles. The third-order valence-electron chi connectivity index (χ3n) is 5.92. The summed E-state index contributed by atoms with van der Waals surface area (Å²) in [7, 11) is 6.24. The summed E-state index contributed by atoms with van der Waals surface area (Å²) in [6.45, 7) is 2.08. The third kappa shape index (κ3) is 5.30. The second-order valence-corrected chi connectivity index (χ2v) is 9.10. The Bertz CT molecular complexity index is 1500. The van der Waals surface area contributed by atoms with Gasteiger partial charge in [0.2, 0.25) is 0 Å². The van der Waals surface area contributed by atoms with Crippen molar-refractivity contribution in [2.75, 3.05) is 41.7 Å². The van der Waals surface area contributed by atoms with Crippen molar-refractivity contribution < 1.29 is 28.5 Å². The number of allylic oxidation sites excluding steroid dienone is 1. The van der Waals surface area contributed by atoms with E-state index in [2.05, 4.69) is 4.99 Å². The lowest BCUT2D eigenvalue weighted by Crippen LogP contribution is -2.40. The standard InChI is InChI=1S/C27H28N2O7S/c1-16-23(26(31)36-13-12-32-2)24(17-6-8-19(33-3)9-7-17)29-25(30)22(37-27(29)28-16)15-18-14-20(34-4)10-11-21(18)35-5/h6-11,14-15,24H,12-13H2,1-5H3/b22-15-/t24-/m1/s1. The van der Waals surface area contributed by atoms with Crippen LogP contribution >= 0.6 is 11.3 Å². The molecule has 37 heavy (non-hydrogen) atoms. The Kier molecular flexibility index (Phi) is 8.10. The summed E-state index contributed by atoms with van der Waals surface area (Å²) in [5.74, 6) is 1.33. The van der Waals surface area contributed by atoms with Gasteiger partial charge >= 0.3 is 5.97 Å². The molecular weight excluding hydrogens is 496 g/mol. The number of carbonyl (C=O) groups excluding carboxylic acids is 1. The zero-order valence-corrected chi connectivity index (χ0v) is 22.1. The largest absolute Gasteiger partial charge is 0.497 e. The van der Waals surface area contributed by atoms with Gasteiger partial charge in [0, 0.05) is 12.7 Å². The van der Waals surface area contributed by atoms with Gasteiger partial charge < -0.3 is 23.7 Å². The van der Waals surface area contributed by atoms with Crippen LogP contribution in [-0.2, 0) is 14.3 Å². The van der Waals surface area contributed by atoms with Gasteiger partial charge in [-0.15, -0.1) is 0 Å². The van der Waals surface area contributed by atoms with E-state index >= 15 is 0 Å². The lowest BCUT2D eigenvalue weighted by Gasteiger charge is -2.25. The first kappa shape index (κ1) is 26.2. The Morgan fingerprint density at radius 2 is 1.70 bits per heavy atom. The Morgan fingerprint density at radius 3 is 2.35 bits per heavy atom. The van der Waals surface area contributed by atoms with E-state index < -0.39 is 12.0 Å². The number of ether oxygens (including phenoxy) is 5. The van der Waals surface area contributed by atoms with Gasteiger partial charge in [0.05, 0.1) is 49.8 Å². The average Bonchev–Trinajstić information content (AvgIpc) is 3.21. The quantitative estimate of drug-likeness (QED) is 0.313. The monoisotopic (exact) mass is 524 g/mol. The number of hydrogen-bond donors (Lipinski definition) is 0. The van der Waals surface area contributed by atoms with Crippen LogP contribution < -0.4 is 29.1 Å². The van der Waals surface area contributed by atoms with Gasteiger partial charge in [0.15, 0.2) is 4.80 Å². The van der Waals surface area contributed by atoms with Gasteiger partial charge in [-0.3, -0.25) is 9.36 Å². The van der Waals surface area contributed by atoms with Gasteiger partial charge in [-0.25, -0.2) is 9.79 Å². The molecule has 0 unspecified atom stereocenters.